The minimum atomic E-state index is -0.536. The number of nitro groups is 1. The Balaban J connectivity index is 2.30. The number of hydrogen-bond donors (Lipinski definition) is 2. The standard InChI is InChI=1S/C12H13N5O3S/c1-2-5-13-10-4-3-8(17(19)20)6-9(10)11(18)15-12-16-14-7-21-12/h3-4,6-7,13H,2,5H2,1H3,(H,15,16,18). The monoisotopic (exact) mass is 307 g/mol. The first-order valence-corrected chi connectivity index (χ1v) is 7.09. The summed E-state index contributed by atoms with van der Waals surface area (Å²) in [6.45, 7) is 2.65. The predicted molar refractivity (Wildman–Crippen MR) is 79.7 cm³/mol. The molecule has 0 spiro atoms. The lowest BCUT2D eigenvalue weighted by Crippen LogP contribution is -2.15. The summed E-state index contributed by atoms with van der Waals surface area (Å²) in [5, 5.41) is 24.2. The van der Waals surface area contributed by atoms with Gasteiger partial charge in [0.25, 0.3) is 11.6 Å². The highest BCUT2D eigenvalue weighted by Gasteiger charge is 2.17. The van der Waals surface area contributed by atoms with Crippen molar-refractivity contribution in [1.82, 2.24) is 10.2 Å². The first-order chi connectivity index (χ1) is 10.1. The van der Waals surface area contributed by atoms with E-state index in [1.807, 2.05) is 6.92 Å². The molecule has 1 amide bonds. The van der Waals surface area contributed by atoms with Crippen LogP contribution in [0.25, 0.3) is 0 Å². The van der Waals surface area contributed by atoms with E-state index in [1.54, 1.807) is 0 Å². The number of rotatable bonds is 6. The quantitative estimate of drug-likeness (QED) is 0.626. The van der Waals surface area contributed by atoms with Gasteiger partial charge in [-0.25, -0.2) is 0 Å². The molecule has 0 aliphatic heterocycles. The lowest BCUT2D eigenvalue weighted by atomic mass is 10.1. The van der Waals surface area contributed by atoms with Gasteiger partial charge in [-0.05, 0) is 12.5 Å². The highest BCUT2D eigenvalue weighted by molar-refractivity contribution is 7.13. The Hall–Kier alpha value is -2.55. The number of hydrogen-bond acceptors (Lipinski definition) is 7. The second-order valence-electron chi connectivity index (χ2n) is 4.11. The minimum Gasteiger partial charge on any atom is -0.384 e. The maximum absolute atomic E-state index is 12.2. The van der Waals surface area contributed by atoms with Gasteiger partial charge in [-0.2, -0.15) is 0 Å². The van der Waals surface area contributed by atoms with Crippen molar-refractivity contribution in [2.24, 2.45) is 0 Å². The molecule has 21 heavy (non-hydrogen) atoms. The summed E-state index contributed by atoms with van der Waals surface area (Å²) >= 11 is 1.17. The van der Waals surface area contributed by atoms with Crippen molar-refractivity contribution < 1.29 is 9.72 Å². The van der Waals surface area contributed by atoms with E-state index in [4.69, 9.17) is 0 Å². The first kappa shape index (κ1) is 14.9. The summed E-state index contributed by atoms with van der Waals surface area (Å²) in [7, 11) is 0. The number of aromatic nitrogens is 2. The van der Waals surface area contributed by atoms with Crippen LogP contribution in [0.5, 0.6) is 0 Å². The van der Waals surface area contributed by atoms with Crippen LogP contribution < -0.4 is 10.6 Å². The molecule has 0 bridgehead atoms. The Morgan fingerprint density at radius 3 is 2.90 bits per heavy atom. The van der Waals surface area contributed by atoms with E-state index in [9.17, 15) is 14.9 Å². The van der Waals surface area contributed by atoms with Crippen LogP contribution >= 0.6 is 11.3 Å². The summed E-state index contributed by atoms with van der Waals surface area (Å²) in [6.07, 6.45) is 0.869. The van der Waals surface area contributed by atoms with Gasteiger partial charge in [-0.1, -0.05) is 18.3 Å². The van der Waals surface area contributed by atoms with Crippen molar-refractivity contribution in [3.8, 4) is 0 Å². The summed E-state index contributed by atoms with van der Waals surface area (Å²) in [5.41, 5.74) is 2.09. The zero-order valence-corrected chi connectivity index (χ0v) is 12.0. The molecule has 0 unspecified atom stereocenters. The molecule has 1 aromatic heterocycles. The molecule has 0 atom stereocenters. The van der Waals surface area contributed by atoms with Crippen molar-refractivity contribution >= 4 is 33.8 Å². The van der Waals surface area contributed by atoms with Crippen LogP contribution in [0.2, 0.25) is 0 Å². The molecule has 0 fully saturated rings. The summed E-state index contributed by atoms with van der Waals surface area (Å²) < 4.78 is 0. The molecule has 110 valence electrons. The van der Waals surface area contributed by atoms with Gasteiger partial charge in [0.15, 0.2) is 0 Å². The predicted octanol–water partition coefficient (Wildman–Crippen LogP) is 2.52. The number of benzene rings is 1. The third kappa shape index (κ3) is 3.72. The van der Waals surface area contributed by atoms with Crippen LogP contribution in [0.1, 0.15) is 23.7 Å². The van der Waals surface area contributed by atoms with Crippen molar-refractivity contribution in [2.75, 3.05) is 17.2 Å². The molecular formula is C12H13N5O3S. The van der Waals surface area contributed by atoms with E-state index < -0.39 is 10.8 Å². The summed E-state index contributed by atoms with van der Waals surface area (Å²) in [4.78, 5) is 22.6. The van der Waals surface area contributed by atoms with Gasteiger partial charge in [-0.3, -0.25) is 20.2 Å². The Morgan fingerprint density at radius 2 is 2.29 bits per heavy atom. The van der Waals surface area contributed by atoms with Crippen molar-refractivity contribution in [2.45, 2.75) is 13.3 Å². The molecule has 0 saturated carbocycles. The van der Waals surface area contributed by atoms with Crippen LogP contribution in [0.4, 0.5) is 16.5 Å². The Morgan fingerprint density at radius 1 is 1.48 bits per heavy atom. The largest absolute Gasteiger partial charge is 0.384 e. The number of carbonyl (C=O) groups is 1. The van der Waals surface area contributed by atoms with E-state index in [0.29, 0.717) is 17.4 Å². The molecule has 1 aromatic carbocycles. The van der Waals surface area contributed by atoms with Gasteiger partial charge < -0.3 is 5.32 Å². The average molecular weight is 307 g/mol. The first-order valence-electron chi connectivity index (χ1n) is 6.21. The van der Waals surface area contributed by atoms with E-state index in [1.165, 1.54) is 35.0 Å². The number of nitrogens with zero attached hydrogens (tertiary/aromatic N) is 3. The highest BCUT2D eigenvalue weighted by atomic mass is 32.1. The zero-order valence-electron chi connectivity index (χ0n) is 11.2. The molecule has 9 heteroatoms. The van der Waals surface area contributed by atoms with Crippen molar-refractivity contribution in [3.63, 3.8) is 0 Å². The van der Waals surface area contributed by atoms with Crippen LogP contribution in [-0.4, -0.2) is 27.6 Å². The van der Waals surface area contributed by atoms with Gasteiger partial charge in [0, 0.05) is 24.4 Å². The molecule has 0 saturated heterocycles. The molecular weight excluding hydrogens is 294 g/mol. The number of nitrogens with one attached hydrogen (secondary N) is 2. The molecule has 0 aliphatic carbocycles. The zero-order chi connectivity index (χ0) is 15.2. The Bertz CT molecular complexity index is 644. The third-order valence-electron chi connectivity index (χ3n) is 2.60. The van der Waals surface area contributed by atoms with Gasteiger partial charge in [0.05, 0.1) is 10.5 Å². The van der Waals surface area contributed by atoms with Crippen LogP contribution in [0, 0.1) is 10.1 Å². The number of nitro benzene ring substituents is 1. The SMILES string of the molecule is CCCNc1ccc([N+](=O)[O-])cc1C(=O)Nc1nncs1. The van der Waals surface area contributed by atoms with Gasteiger partial charge in [0.1, 0.15) is 5.51 Å². The maximum Gasteiger partial charge on any atom is 0.270 e. The van der Waals surface area contributed by atoms with E-state index >= 15 is 0 Å². The maximum atomic E-state index is 12.2. The Kier molecular flexibility index (Phi) is 4.77. The highest BCUT2D eigenvalue weighted by Crippen LogP contribution is 2.23. The summed E-state index contributed by atoms with van der Waals surface area (Å²) in [5.74, 6) is -0.464. The molecule has 2 N–H and O–H groups in total. The number of carbonyl (C=O) groups excluding carboxylic acids is 1. The molecule has 1 heterocycles. The number of amides is 1. The normalized spacial score (nSPS) is 10.1. The third-order valence-corrected chi connectivity index (χ3v) is 3.21. The molecule has 0 radical (unpaired) electrons. The van der Waals surface area contributed by atoms with Crippen LogP contribution in [0.15, 0.2) is 23.7 Å². The number of anilines is 2. The molecule has 2 rings (SSSR count). The lowest BCUT2D eigenvalue weighted by Gasteiger charge is -2.10. The van der Waals surface area contributed by atoms with Gasteiger partial charge in [0.2, 0.25) is 5.13 Å². The van der Waals surface area contributed by atoms with Gasteiger partial charge >= 0.3 is 0 Å². The second kappa shape index (κ2) is 6.75. The minimum absolute atomic E-state index is 0.139. The second-order valence-corrected chi connectivity index (χ2v) is 4.94. The Labute approximate surface area is 124 Å². The molecule has 2 aromatic rings. The van der Waals surface area contributed by atoms with Crippen molar-refractivity contribution in [1.29, 1.82) is 0 Å². The van der Waals surface area contributed by atoms with Crippen LogP contribution in [0.3, 0.4) is 0 Å². The van der Waals surface area contributed by atoms with E-state index in [0.717, 1.165) is 6.42 Å². The topological polar surface area (TPSA) is 110 Å². The van der Waals surface area contributed by atoms with E-state index in [-0.39, 0.29) is 11.3 Å². The van der Waals surface area contributed by atoms with Gasteiger partial charge in [-0.15, -0.1) is 10.2 Å². The molecule has 0 aliphatic rings. The average Bonchev–Trinajstić information content (AvgIpc) is 2.97. The van der Waals surface area contributed by atoms with Crippen LogP contribution in [-0.2, 0) is 0 Å². The number of non-ortho nitro benzene ring substituents is 1. The fourth-order valence-electron chi connectivity index (χ4n) is 1.64. The molecule has 8 nitrogen and oxygen atoms in total. The van der Waals surface area contributed by atoms with Crippen molar-refractivity contribution in [3.05, 3.63) is 39.4 Å². The van der Waals surface area contributed by atoms with E-state index in [2.05, 4.69) is 20.8 Å². The fraction of sp³-hybridized carbons (Fsp3) is 0.250. The lowest BCUT2D eigenvalue weighted by molar-refractivity contribution is -0.384. The fourth-order valence-corrected chi connectivity index (χ4v) is 2.08. The summed E-state index contributed by atoms with van der Waals surface area (Å²) in [6, 6.07) is 4.14. The smallest absolute Gasteiger partial charge is 0.270 e.